The van der Waals surface area contributed by atoms with Gasteiger partial charge in [0.2, 0.25) is 0 Å². The molecule has 6 heteroatoms. The average Bonchev–Trinajstić information content (AvgIpc) is 3.29. The van der Waals surface area contributed by atoms with E-state index in [2.05, 4.69) is 42.1 Å². The molecule has 0 unspecified atom stereocenters. The van der Waals surface area contributed by atoms with E-state index in [1.807, 2.05) is 54.6 Å². The van der Waals surface area contributed by atoms with E-state index in [0.29, 0.717) is 11.6 Å². The SMILES string of the molecule is CC(C)c1ccc(NS(=O)(=O)c2ccc3c(c2)[C@H]2C=CC[C@H]2[C@@H](c2ccccc2Cl)N3)cc1. The van der Waals surface area contributed by atoms with Crippen molar-refractivity contribution >= 4 is 33.0 Å². The molecular formula is C27H27ClN2O2S. The molecule has 0 amide bonds. The number of sulfonamides is 1. The Labute approximate surface area is 200 Å². The molecule has 2 N–H and O–H groups in total. The van der Waals surface area contributed by atoms with E-state index in [0.717, 1.165) is 28.3 Å². The van der Waals surface area contributed by atoms with Crippen molar-refractivity contribution in [3.8, 4) is 0 Å². The second-order valence-electron chi connectivity index (χ2n) is 9.13. The Morgan fingerprint density at radius 1 is 1.00 bits per heavy atom. The molecule has 3 atom stereocenters. The standard InChI is InChI=1S/C27H27ClN2O2S/c1-17(2)18-10-12-19(13-11-18)30-33(31,32)20-14-15-26-24(16-20)21-7-5-8-22(21)27(29-26)23-6-3-4-9-25(23)28/h3-7,9-17,21-22,27,29-30H,8H2,1-2H3/t21-,22+,27-/m0/s1. The number of anilines is 2. The van der Waals surface area contributed by atoms with E-state index >= 15 is 0 Å². The summed E-state index contributed by atoms with van der Waals surface area (Å²) in [5.74, 6) is 0.820. The van der Waals surface area contributed by atoms with Gasteiger partial charge in [0.05, 0.1) is 10.9 Å². The molecule has 1 aliphatic heterocycles. The highest BCUT2D eigenvalue weighted by atomic mass is 35.5. The number of hydrogen-bond acceptors (Lipinski definition) is 3. The molecule has 0 saturated carbocycles. The summed E-state index contributed by atoms with van der Waals surface area (Å²) >= 11 is 6.52. The summed E-state index contributed by atoms with van der Waals surface area (Å²) in [6, 6.07) is 20.9. The lowest BCUT2D eigenvalue weighted by Crippen LogP contribution is -2.29. The van der Waals surface area contributed by atoms with Gasteiger partial charge in [0.25, 0.3) is 10.0 Å². The van der Waals surface area contributed by atoms with Crippen molar-refractivity contribution in [2.24, 2.45) is 5.92 Å². The Balaban J connectivity index is 1.46. The molecule has 1 aliphatic carbocycles. The van der Waals surface area contributed by atoms with Crippen molar-refractivity contribution in [2.75, 3.05) is 10.0 Å². The van der Waals surface area contributed by atoms with E-state index in [1.165, 1.54) is 5.56 Å². The molecule has 5 rings (SSSR count). The first kappa shape index (κ1) is 22.1. The molecule has 0 saturated heterocycles. The lowest BCUT2D eigenvalue weighted by atomic mass is 9.77. The number of nitrogens with one attached hydrogen (secondary N) is 2. The van der Waals surface area contributed by atoms with Crippen LogP contribution in [0.2, 0.25) is 5.02 Å². The van der Waals surface area contributed by atoms with E-state index < -0.39 is 10.0 Å². The fraction of sp³-hybridized carbons (Fsp3) is 0.259. The quantitative estimate of drug-likeness (QED) is 0.385. The van der Waals surface area contributed by atoms with Crippen molar-refractivity contribution < 1.29 is 8.42 Å². The number of benzene rings is 3. The molecule has 1 heterocycles. The van der Waals surface area contributed by atoms with Crippen LogP contribution in [0.25, 0.3) is 0 Å². The Bertz CT molecular complexity index is 1320. The molecule has 2 aliphatic rings. The summed E-state index contributed by atoms with van der Waals surface area (Å²) in [5.41, 5.74) is 4.77. The van der Waals surface area contributed by atoms with Crippen molar-refractivity contribution in [2.45, 2.75) is 43.0 Å². The lowest BCUT2D eigenvalue weighted by molar-refractivity contribution is 0.425. The Kier molecular flexibility index (Phi) is 5.71. The minimum absolute atomic E-state index is 0.0752. The van der Waals surface area contributed by atoms with Crippen LogP contribution in [0.15, 0.2) is 83.8 Å². The van der Waals surface area contributed by atoms with E-state index in [9.17, 15) is 8.42 Å². The predicted molar refractivity (Wildman–Crippen MR) is 136 cm³/mol. The number of halogens is 1. The zero-order valence-corrected chi connectivity index (χ0v) is 20.2. The maximum absolute atomic E-state index is 13.2. The average molecular weight is 479 g/mol. The van der Waals surface area contributed by atoms with E-state index in [-0.39, 0.29) is 22.8 Å². The first-order valence-corrected chi connectivity index (χ1v) is 13.1. The smallest absolute Gasteiger partial charge is 0.261 e. The Morgan fingerprint density at radius 3 is 2.48 bits per heavy atom. The van der Waals surface area contributed by atoms with Crippen molar-refractivity contribution in [1.82, 2.24) is 0 Å². The highest BCUT2D eigenvalue weighted by Crippen LogP contribution is 2.51. The van der Waals surface area contributed by atoms with Gasteiger partial charge in [-0.1, -0.05) is 67.9 Å². The zero-order chi connectivity index (χ0) is 23.2. The second-order valence-corrected chi connectivity index (χ2v) is 11.2. The van der Waals surface area contributed by atoms with E-state index in [4.69, 9.17) is 11.6 Å². The molecule has 4 nitrogen and oxygen atoms in total. The summed E-state index contributed by atoms with van der Waals surface area (Å²) in [5, 5.41) is 4.38. The topological polar surface area (TPSA) is 58.2 Å². The van der Waals surface area contributed by atoms with Crippen LogP contribution >= 0.6 is 11.6 Å². The van der Waals surface area contributed by atoms with Gasteiger partial charge in [-0.05, 0) is 71.3 Å². The number of allylic oxidation sites excluding steroid dienone is 2. The third-order valence-corrected chi connectivity index (χ3v) is 8.44. The predicted octanol–water partition coefficient (Wildman–Crippen LogP) is 7.09. The molecule has 3 aromatic carbocycles. The van der Waals surface area contributed by atoms with Gasteiger partial charge in [-0.3, -0.25) is 4.72 Å². The third kappa shape index (κ3) is 4.16. The molecule has 33 heavy (non-hydrogen) atoms. The van der Waals surface area contributed by atoms with Crippen LogP contribution < -0.4 is 10.0 Å². The van der Waals surface area contributed by atoms with Gasteiger partial charge in [-0.25, -0.2) is 8.42 Å². The van der Waals surface area contributed by atoms with Gasteiger partial charge in [-0.15, -0.1) is 0 Å². The molecule has 0 radical (unpaired) electrons. The largest absolute Gasteiger partial charge is 0.378 e. The van der Waals surface area contributed by atoms with Crippen molar-refractivity contribution in [1.29, 1.82) is 0 Å². The molecule has 170 valence electrons. The molecule has 3 aromatic rings. The molecular weight excluding hydrogens is 452 g/mol. The van der Waals surface area contributed by atoms with Crippen LogP contribution in [0.3, 0.4) is 0 Å². The van der Waals surface area contributed by atoms with Crippen LogP contribution in [0.1, 0.15) is 54.8 Å². The highest BCUT2D eigenvalue weighted by molar-refractivity contribution is 7.92. The number of rotatable bonds is 5. The van der Waals surface area contributed by atoms with E-state index in [1.54, 1.807) is 6.07 Å². The van der Waals surface area contributed by atoms with Crippen LogP contribution in [-0.2, 0) is 10.0 Å². The zero-order valence-electron chi connectivity index (χ0n) is 18.6. The van der Waals surface area contributed by atoms with Gasteiger partial charge in [0.1, 0.15) is 0 Å². The Hall–Kier alpha value is -2.76. The Morgan fingerprint density at radius 2 is 1.76 bits per heavy atom. The fourth-order valence-electron chi connectivity index (χ4n) is 4.92. The molecule has 0 aromatic heterocycles. The maximum Gasteiger partial charge on any atom is 0.261 e. The summed E-state index contributed by atoms with van der Waals surface area (Å²) in [6.07, 6.45) is 5.30. The monoisotopic (exact) mass is 478 g/mol. The van der Waals surface area contributed by atoms with Crippen LogP contribution in [0, 0.1) is 5.92 Å². The minimum Gasteiger partial charge on any atom is -0.378 e. The van der Waals surface area contributed by atoms with Gasteiger partial charge in [0.15, 0.2) is 0 Å². The fourth-order valence-corrected chi connectivity index (χ4v) is 6.27. The van der Waals surface area contributed by atoms with Crippen LogP contribution in [-0.4, -0.2) is 8.42 Å². The maximum atomic E-state index is 13.2. The summed E-state index contributed by atoms with van der Waals surface area (Å²) < 4.78 is 29.0. The minimum atomic E-state index is -3.70. The summed E-state index contributed by atoms with van der Waals surface area (Å²) in [6.45, 7) is 4.22. The first-order chi connectivity index (χ1) is 15.8. The van der Waals surface area contributed by atoms with Crippen LogP contribution in [0.4, 0.5) is 11.4 Å². The number of hydrogen-bond donors (Lipinski definition) is 2. The highest BCUT2D eigenvalue weighted by Gasteiger charge is 2.39. The first-order valence-electron chi connectivity index (χ1n) is 11.3. The second kappa shape index (κ2) is 8.54. The third-order valence-electron chi connectivity index (χ3n) is 6.71. The molecule has 0 spiro atoms. The van der Waals surface area contributed by atoms with Crippen LogP contribution in [0.5, 0.6) is 0 Å². The summed E-state index contributed by atoms with van der Waals surface area (Å²) in [7, 11) is -3.70. The lowest BCUT2D eigenvalue weighted by Gasteiger charge is -2.38. The van der Waals surface area contributed by atoms with Gasteiger partial charge >= 0.3 is 0 Å². The van der Waals surface area contributed by atoms with Gasteiger partial charge in [-0.2, -0.15) is 0 Å². The van der Waals surface area contributed by atoms with Crippen molar-refractivity contribution in [3.63, 3.8) is 0 Å². The molecule has 0 fully saturated rings. The number of fused-ring (bicyclic) bond motifs is 3. The van der Waals surface area contributed by atoms with Gasteiger partial charge < -0.3 is 5.32 Å². The van der Waals surface area contributed by atoms with Crippen molar-refractivity contribution in [3.05, 3.63) is 101 Å². The molecule has 0 bridgehead atoms. The van der Waals surface area contributed by atoms with Gasteiger partial charge in [0, 0.05) is 22.3 Å². The summed E-state index contributed by atoms with van der Waals surface area (Å²) in [4.78, 5) is 0.270. The normalized spacial score (nSPS) is 21.4.